The maximum absolute atomic E-state index is 8.46. The first-order chi connectivity index (χ1) is 21.5. The van der Waals surface area contributed by atoms with Crippen molar-refractivity contribution in [1.29, 1.82) is 21.0 Å². The molecule has 11 heteroatoms. The van der Waals surface area contributed by atoms with E-state index >= 15 is 0 Å². The molecule has 4 aromatic carbocycles. The Morgan fingerprint density at radius 2 is 0.978 bits per heavy atom. The van der Waals surface area contributed by atoms with E-state index in [1.165, 1.54) is 46.1 Å². The molecule has 0 atom stereocenters. The van der Waals surface area contributed by atoms with Crippen LogP contribution >= 0.6 is 16.5 Å². The van der Waals surface area contributed by atoms with Crippen LogP contribution in [-0.4, -0.2) is 27.2 Å². The number of nitriles is 4. The average Bonchev–Trinajstić information content (AvgIpc) is 3.69. The molecule has 45 heavy (non-hydrogen) atoms. The van der Waals surface area contributed by atoms with Gasteiger partial charge in [0.15, 0.2) is 0 Å². The second-order valence-electron chi connectivity index (χ2n) is 7.98. The van der Waals surface area contributed by atoms with Gasteiger partial charge >= 0.3 is 28.1 Å². The predicted octanol–water partition coefficient (Wildman–Crippen LogP) is 6.01. The molecule has 4 rings (SSSR count). The van der Waals surface area contributed by atoms with Crippen LogP contribution in [0.1, 0.15) is 0 Å². The van der Waals surface area contributed by atoms with Crippen LogP contribution in [0, 0.1) is 45.3 Å². The van der Waals surface area contributed by atoms with Gasteiger partial charge in [0.2, 0.25) is 0 Å². The van der Waals surface area contributed by atoms with E-state index in [0.29, 0.717) is 0 Å². The maximum atomic E-state index is 8.46. The Bertz CT molecular complexity index is 1480. The topological polar surface area (TPSA) is 145 Å². The summed E-state index contributed by atoms with van der Waals surface area (Å²) < 4.78 is 14.1. The van der Waals surface area contributed by atoms with E-state index in [1.54, 1.807) is 21.3 Å². The zero-order chi connectivity index (χ0) is 32.4. The molecule has 0 aliphatic rings. The van der Waals surface area contributed by atoms with Gasteiger partial charge in [-0.1, -0.05) is 54.6 Å². The molecule has 0 amide bonds. The molecule has 0 heterocycles. The van der Waals surface area contributed by atoms with Gasteiger partial charge < -0.3 is 5.41 Å². The van der Waals surface area contributed by atoms with Crippen LogP contribution in [0.5, 0.6) is 0 Å². The van der Waals surface area contributed by atoms with Crippen molar-refractivity contribution in [2.45, 2.75) is 0 Å². The van der Waals surface area contributed by atoms with E-state index in [1.807, 2.05) is 30.3 Å². The van der Waals surface area contributed by atoms with Crippen LogP contribution in [-0.2, 0) is 33.0 Å². The van der Waals surface area contributed by atoms with Crippen molar-refractivity contribution >= 4 is 38.3 Å². The second-order valence-corrected chi connectivity index (χ2v) is 12.2. The van der Waals surface area contributed by atoms with E-state index in [-0.39, 0.29) is 19.5 Å². The van der Waals surface area contributed by atoms with E-state index in [2.05, 4.69) is 91.0 Å². The molecule has 0 saturated heterocycles. The molecule has 222 valence electrons. The van der Waals surface area contributed by atoms with Crippen molar-refractivity contribution in [2.75, 3.05) is 21.3 Å². The summed E-state index contributed by atoms with van der Waals surface area (Å²) in [7, 11) is 2.43. The number of benzene rings is 3. The smallest absolute Gasteiger partial charge is 0.762 e. The first-order valence-electron chi connectivity index (χ1n) is 12.9. The zero-order valence-electron chi connectivity index (χ0n) is 24.9. The summed E-state index contributed by atoms with van der Waals surface area (Å²) in [6.07, 6.45) is 0. The summed E-state index contributed by atoms with van der Waals surface area (Å²) in [4.78, 5) is 0. The van der Waals surface area contributed by atoms with Crippen molar-refractivity contribution in [3.63, 3.8) is 0 Å². The molecule has 0 fully saturated rings. The molecule has 0 spiro atoms. The Balaban J connectivity index is 0.000000645. The SMILES string of the molecule is CO[PH+](OC)OC.N#CC(=C=[N-])C(C#N)=C(C#N)C#N.[Ru+6].c1cc[cH-]c1.c1ccc([PH+](c2ccccc2)c2ccccc2)cc1. The predicted molar refractivity (Wildman–Crippen MR) is 179 cm³/mol. The van der Waals surface area contributed by atoms with E-state index < -0.39 is 33.2 Å². The molecular formula is C34H31N5O3P2Ru+6. The number of nitrogens with zero attached hydrogens (tertiary/aromatic N) is 5. The standard InChI is InChI=1S/C18H15P.C8N5.C5H5.C3H10O3P.Ru/c1-4-10-16(11-5-1)19(17-12-6-2-7-13-17)18-14-8-3-9-15-18;9-1-6(2-10)8(5-13)7(3-11)4-12;1-2-4-5-3-1;1-4-7(5-2)6-3;/h1-15H;;1-5H;7H,1-3H3;/q;2*-1;+1;+6/p+1. The quantitative estimate of drug-likeness (QED) is 0.0568. The van der Waals surface area contributed by atoms with Crippen molar-refractivity contribution in [3.05, 3.63) is 143 Å². The molecule has 0 aliphatic carbocycles. The molecule has 0 saturated carbocycles. The van der Waals surface area contributed by atoms with E-state index in [9.17, 15) is 0 Å². The van der Waals surface area contributed by atoms with Crippen molar-refractivity contribution in [3.8, 4) is 24.3 Å². The molecule has 0 radical (unpaired) electrons. The van der Waals surface area contributed by atoms with Crippen LogP contribution in [0.3, 0.4) is 0 Å². The Kier molecular flexibility index (Phi) is 23.4. The molecule has 0 aromatic heterocycles. The van der Waals surface area contributed by atoms with Crippen molar-refractivity contribution in [1.82, 2.24) is 0 Å². The van der Waals surface area contributed by atoms with Gasteiger partial charge in [0, 0.05) is 0 Å². The summed E-state index contributed by atoms with van der Waals surface area (Å²) in [5.41, 5.74) is -1.53. The van der Waals surface area contributed by atoms with Crippen LogP contribution in [0.4, 0.5) is 0 Å². The van der Waals surface area contributed by atoms with Gasteiger partial charge in [-0.3, -0.25) is 0 Å². The monoisotopic (exact) mass is 721 g/mol. The molecule has 0 aliphatic heterocycles. The molecule has 8 nitrogen and oxygen atoms in total. The summed E-state index contributed by atoms with van der Waals surface area (Å²) in [6.45, 7) is 0. The number of rotatable bonds is 7. The van der Waals surface area contributed by atoms with E-state index in [4.69, 9.17) is 40.0 Å². The first kappa shape index (κ1) is 40.5. The zero-order valence-corrected chi connectivity index (χ0v) is 28.6. The first-order valence-corrected chi connectivity index (χ1v) is 15.6. The van der Waals surface area contributed by atoms with E-state index in [0.717, 1.165) is 0 Å². The van der Waals surface area contributed by atoms with Gasteiger partial charge in [-0.25, -0.2) is 18.0 Å². The molecule has 0 bridgehead atoms. The van der Waals surface area contributed by atoms with Gasteiger partial charge in [0.1, 0.15) is 51.3 Å². The van der Waals surface area contributed by atoms with Crippen molar-refractivity contribution in [2.24, 2.45) is 0 Å². The minimum atomic E-state index is -1.36. The van der Waals surface area contributed by atoms with Crippen molar-refractivity contribution < 1.29 is 33.0 Å². The van der Waals surface area contributed by atoms with Gasteiger partial charge in [-0.15, -0.1) is 0 Å². The fraction of sp³-hybridized carbons (Fsp3) is 0.0882. The third kappa shape index (κ3) is 15.2. The normalized spacial score (nSPS) is 8.73. The Labute approximate surface area is 280 Å². The van der Waals surface area contributed by atoms with Gasteiger partial charge in [0.05, 0.1) is 34.8 Å². The molecule has 0 unspecified atom stereocenters. The van der Waals surface area contributed by atoms with Gasteiger partial charge in [-0.2, -0.15) is 52.8 Å². The largest absolute Gasteiger partial charge is 6.00 e. The third-order valence-corrected chi connectivity index (χ3v) is 9.03. The number of allylic oxidation sites excluding steroid dienone is 3. The summed E-state index contributed by atoms with van der Waals surface area (Å²) in [6, 6.07) is 48.2. The summed E-state index contributed by atoms with van der Waals surface area (Å²) in [5.74, 6) is 1.42. The fourth-order valence-corrected chi connectivity index (χ4v) is 6.47. The molecule has 4 aromatic rings. The Morgan fingerprint density at radius 1 is 0.600 bits per heavy atom. The third-order valence-electron chi connectivity index (χ3n) is 5.30. The summed E-state index contributed by atoms with van der Waals surface area (Å²) in [5, 5.41) is 46.2. The fourth-order valence-electron chi connectivity index (χ4n) is 3.40. The van der Waals surface area contributed by atoms with Crippen LogP contribution in [0.15, 0.2) is 138 Å². The average molecular weight is 721 g/mol. The number of hydrogen-bond donors (Lipinski definition) is 0. The summed E-state index contributed by atoms with van der Waals surface area (Å²) >= 11 is 0. The van der Waals surface area contributed by atoms with Gasteiger partial charge in [0.25, 0.3) is 0 Å². The van der Waals surface area contributed by atoms with Crippen LogP contribution < -0.4 is 15.9 Å². The molecular weight excluding hydrogens is 689 g/mol. The van der Waals surface area contributed by atoms with Crippen LogP contribution in [0.2, 0.25) is 0 Å². The second kappa shape index (κ2) is 26.0. The Hall–Kier alpha value is -4.48. The van der Waals surface area contributed by atoms with Gasteiger partial charge in [-0.05, 0) is 36.4 Å². The maximum Gasteiger partial charge on any atom is 6.00 e. The van der Waals surface area contributed by atoms with Crippen LogP contribution in [0.25, 0.3) is 5.41 Å². The minimum Gasteiger partial charge on any atom is -0.762 e. The Morgan fingerprint density at radius 3 is 1.18 bits per heavy atom. The number of hydrogen-bond acceptors (Lipinski definition) is 7. The molecule has 0 N–H and O–H groups in total. The minimum absolute atomic E-state index is 0.